The number of nitrogens with two attached hydrogens (primary N) is 1. The van der Waals surface area contributed by atoms with Crippen molar-refractivity contribution in [3.8, 4) is 0 Å². The number of benzene rings is 1. The molecule has 1 unspecified atom stereocenters. The first kappa shape index (κ1) is 18.3. The van der Waals surface area contributed by atoms with Gasteiger partial charge in [-0.1, -0.05) is 29.3 Å². The van der Waals surface area contributed by atoms with Crippen LogP contribution in [0.2, 0.25) is 10.0 Å². The molecule has 0 bridgehead atoms. The molecule has 1 aromatic rings. The highest BCUT2D eigenvalue weighted by Crippen LogP contribution is 2.42. The van der Waals surface area contributed by atoms with Crippen molar-refractivity contribution in [1.82, 2.24) is 5.43 Å². The van der Waals surface area contributed by atoms with Crippen LogP contribution in [0.1, 0.15) is 5.56 Å². The largest absolute Gasteiger partial charge is 0.402 e. The fourth-order valence-electron chi connectivity index (χ4n) is 1.84. The highest BCUT2D eigenvalue weighted by molar-refractivity contribution is 6.42. The SMILES string of the molecule is NNC(Cc1ccc(Cl)c(Cl)c1)C(C(F)(F)F)C(F)(F)F. The van der Waals surface area contributed by atoms with Crippen LogP contribution in [0, 0.1) is 5.92 Å². The Kier molecular flexibility index (Phi) is 5.76. The lowest BCUT2D eigenvalue weighted by atomic mass is 9.93. The molecule has 0 aliphatic heterocycles. The zero-order chi connectivity index (χ0) is 16.4. The van der Waals surface area contributed by atoms with Crippen molar-refractivity contribution in [3.63, 3.8) is 0 Å². The van der Waals surface area contributed by atoms with Crippen molar-refractivity contribution in [3.05, 3.63) is 33.8 Å². The molecule has 0 amide bonds. The zero-order valence-corrected chi connectivity index (χ0v) is 11.7. The van der Waals surface area contributed by atoms with Gasteiger partial charge in [0.2, 0.25) is 0 Å². The molecule has 0 radical (unpaired) electrons. The molecule has 1 rings (SSSR count). The quantitative estimate of drug-likeness (QED) is 0.485. The maximum atomic E-state index is 12.6. The molecule has 3 N–H and O–H groups in total. The van der Waals surface area contributed by atoms with E-state index < -0.39 is 30.7 Å². The summed E-state index contributed by atoms with van der Waals surface area (Å²) in [6.07, 6.45) is -11.6. The van der Waals surface area contributed by atoms with E-state index in [4.69, 9.17) is 29.0 Å². The average molecular weight is 355 g/mol. The van der Waals surface area contributed by atoms with Crippen LogP contribution in [0.15, 0.2) is 18.2 Å². The van der Waals surface area contributed by atoms with Crippen molar-refractivity contribution in [2.45, 2.75) is 24.8 Å². The number of hydrogen-bond donors (Lipinski definition) is 2. The molecule has 0 heterocycles. The lowest BCUT2D eigenvalue weighted by Crippen LogP contribution is -2.54. The molecule has 2 nitrogen and oxygen atoms in total. The highest BCUT2D eigenvalue weighted by atomic mass is 35.5. The second-order valence-corrected chi connectivity index (χ2v) is 5.10. The van der Waals surface area contributed by atoms with Gasteiger partial charge in [-0.05, 0) is 24.1 Å². The van der Waals surface area contributed by atoms with E-state index >= 15 is 0 Å². The topological polar surface area (TPSA) is 38.0 Å². The van der Waals surface area contributed by atoms with E-state index in [0.29, 0.717) is 0 Å². The molecule has 0 saturated carbocycles. The van der Waals surface area contributed by atoms with Gasteiger partial charge in [-0.15, -0.1) is 0 Å². The molecule has 1 aromatic carbocycles. The van der Waals surface area contributed by atoms with Crippen molar-refractivity contribution >= 4 is 23.2 Å². The van der Waals surface area contributed by atoms with Crippen molar-refractivity contribution in [2.75, 3.05) is 0 Å². The van der Waals surface area contributed by atoms with Gasteiger partial charge in [0.15, 0.2) is 5.92 Å². The highest BCUT2D eigenvalue weighted by Gasteiger charge is 2.59. The number of halogens is 8. The van der Waals surface area contributed by atoms with Crippen LogP contribution in [0.3, 0.4) is 0 Å². The molecule has 21 heavy (non-hydrogen) atoms. The molecule has 1 atom stereocenters. The predicted octanol–water partition coefficient (Wildman–Crippen LogP) is 4.11. The Morgan fingerprint density at radius 3 is 1.90 bits per heavy atom. The third kappa shape index (κ3) is 4.91. The molecular formula is C11H10Cl2F6N2. The number of hydrogen-bond acceptors (Lipinski definition) is 2. The average Bonchev–Trinajstić information content (AvgIpc) is 2.29. The standard InChI is InChI=1S/C11H10Cl2F6N2/c12-6-2-1-5(3-7(6)13)4-8(21-20)9(10(14,15)16)11(17,18)19/h1-3,8-9,21H,4,20H2. The summed E-state index contributed by atoms with van der Waals surface area (Å²) < 4.78 is 75.8. The first-order valence-corrected chi connectivity index (χ1v) is 6.26. The van der Waals surface area contributed by atoms with Gasteiger partial charge in [-0.2, -0.15) is 26.3 Å². The summed E-state index contributed by atoms with van der Waals surface area (Å²) in [5, 5.41) is 0.168. The minimum Gasteiger partial charge on any atom is -0.271 e. The van der Waals surface area contributed by atoms with Crippen LogP contribution in [0.25, 0.3) is 0 Å². The van der Waals surface area contributed by atoms with Gasteiger partial charge >= 0.3 is 12.4 Å². The monoisotopic (exact) mass is 354 g/mol. The van der Waals surface area contributed by atoms with Gasteiger partial charge in [-0.3, -0.25) is 11.3 Å². The van der Waals surface area contributed by atoms with Crippen LogP contribution in [0.5, 0.6) is 0 Å². The van der Waals surface area contributed by atoms with Gasteiger partial charge in [0.05, 0.1) is 10.0 Å². The number of rotatable bonds is 4. The molecule has 0 aliphatic carbocycles. The minimum atomic E-state index is -5.48. The van der Waals surface area contributed by atoms with Crippen LogP contribution >= 0.6 is 23.2 Å². The molecule has 10 heteroatoms. The van der Waals surface area contributed by atoms with E-state index in [9.17, 15) is 26.3 Å². The summed E-state index contributed by atoms with van der Waals surface area (Å²) in [7, 11) is 0. The second-order valence-electron chi connectivity index (χ2n) is 4.29. The van der Waals surface area contributed by atoms with E-state index in [1.807, 2.05) is 0 Å². The Hall–Kier alpha value is -0.700. The lowest BCUT2D eigenvalue weighted by Gasteiger charge is -2.30. The summed E-state index contributed by atoms with van der Waals surface area (Å²) in [5.41, 5.74) is 1.73. The normalized spacial score (nSPS) is 14.6. The lowest BCUT2D eigenvalue weighted by molar-refractivity contribution is -0.291. The second kappa shape index (κ2) is 6.60. The third-order valence-corrected chi connectivity index (χ3v) is 3.50. The van der Waals surface area contributed by atoms with Crippen LogP contribution in [-0.2, 0) is 6.42 Å². The summed E-state index contributed by atoms with van der Waals surface area (Å²) in [4.78, 5) is 0. The molecule has 0 aromatic heterocycles. The van der Waals surface area contributed by atoms with Crippen LogP contribution in [-0.4, -0.2) is 18.4 Å². The van der Waals surface area contributed by atoms with E-state index in [1.54, 1.807) is 5.43 Å². The summed E-state index contributed by atoms with van der Waals surface area (Å²) in [5.74, 6) is 1.28. The van der Waals surface area contributed by atoms with E-state index in [-0.39, 0.29) is 15.6 Å². The Balaban J connectivity index is 3.07. The van der Waals surface area contributed by atoms with Crippen molar-refractivity contribution in [2.24, 2.45) is 11.8 Å². The Bertz CT molecular complexity index is 475. The van der Waals surface area contributed by atoms with Crippen LogP contribution < -0.4 is 11.3 Å². The Morgan fingerprint density at radius 1 is 1.00 bits per heavy atom. The molecule has 120 valence electrons. The van der Waals surface area contributed by atoms with Crippen molar-refractivity contribution in [1.29, 1.82) is 0 Å². The first-order valence-electron chi connectivity index (χ1n) is 5.50. The number of alkyl halides is 6. The minimum absolute atomic E-state index is 0.0282. The van der Waals surface area contributed by atoms with E-state index in [0.717, 1.165) is 0 Å². The van der Waals surface area contributed by atoms with Gasteiger partial charge < -0.3 is 0 Å². The molecular weight excluding hydrogens is 345 g/mol. The molecule has 0 fully saturated rings. The van der Waals surface area contributed by atoms with E-state index in [2.05, 4.69) is 0 Å². The third-order valence-electron chi connectivity index (χ3n) is 2.76. The smallest absolute Gasteiger partial charge is 0.271 e. The van der Waals surface area contributed by atoms with Gasteiger partial charge in [-0.25, -0.2) is 0 Å². The van der Waals surface area contributed by atoms with Crippen LogP contribution in [0.4, 0.5) is 26.3 Å². The first-order chi connectivity index (χ1) is 9.46. The maximum absolute atomic E-state index is 12.6. The summed E-state index contributed by atoms with van der Waals surface area (Å²) >= 11 is 11.3. The summed E-state index contributed by atoms with van der Waals surface area (Å²) in [6.45, 7) is 0. The van der Waals surface area contributed by atoms with Gasteiger partial charge in [0.25, 0.3) is 0 Å². The molecule has 0 spiro atoms. The maximum Gasteiger partial charge on any atom is 0.402 e. The Labute approximate surface area is 126 Å². The molecule has 0 saturated heterocycles. The fourth-order valence-corrected chi connectivity index (χ4v) is 2.16. The van der Waals surface area contributed by atoms with Gasteiger partial charge in [0, 0.05) is 6.04 Å². The van der Waals surface area contributed by atoms with Crippen molar-refractivity contribution < 1.29 is 26.3 Å². The predicted molar refractivity (Wildman–Crippen MR) is 66.9 cm³/mol. The zero-order valence-electron chi connectivity index (χ0n) is 10.2. The number of hydrazine groups is 1. The van der Waals surface area contributed by atoms with Gasteiger partial charge in [0.1, 0.15) is 0 Å². The summed E-state index contributed by atoms with van der Waals surface area (Å²) in [6, 6.07) is 1.67. The Morgan fingerprint density at radius 2 is 1.52 bits per heavy atom. The van der Waals surface area contributed by atoms with E-state index in [1.165, 1.54) is 18.2 Å². The molecule has 0 aliphatic rings. The fraction of sp³-hybridized carbons (Fsp3) is 0.455. The number of nitrogens with one attached hydrogen (secondary N) is 1.